The molecule has 0 aromatic rings. The van der Waals surface area contributed by atoms with Crippen LogP contribution in [0, 0.1) is 23.7 Å². The Kier molecular flexibility index (Phi) is 1.94. The van der Waals surface area contributed by atoms with Gasteiger partial charge in [-0.1, -0.05) is 0 Å². The Labute approximate surface area is 107 Å². The van der Waals surface area contributed by atoms with Gasteiger partial charge in [0.15, 0.2) is 0 Å². The largest absolute Gasteiger partial charge is 0.237 e. The minimum atomic E-state index is -0.573. The molecule has 4 nitrogen and oxygen atoms in total. The molecule has 100 valence electrons. The quantitative estimate of drug-likeness (QED) is 0.621. The Bertz CT molecular complexity index is 338. The highest BCUT2D eigenvalue weighted by Gasteiger charge is 2.64. The van der Waals surface area contributed by atoms with Crippen molar-refractivity contribution in [2.24, 2.45) is 23.7 Å². The monoisotopic (exact) mass is 252 g/mol. The number of fused-ring (bicyclic) bond motifs is 6. The zero-order valence-electron chi connectivity index (χ0n) is 10.6. The van der Waals surface area contributed by atoms with Crippen LogP contribution in [0.5, 0.6) is 0 Å². The van der Waals surface area contributed by atoms with E-state index in [0.717, 1.165) is 24.7 Å². The minimum Gasteiger partial charge on any atom is -0.195 e. The van der Waals surface area contributed by atoms with Crippen LogP contribution in [-0.2, 0) is 19.6 Å². The van der Waals surface area contributed by atoms with Gasteiger partial charge in [0.1, 0.15) is 0 Å². The standard InChI is InChI=1S/C14H20O4/c1-3-11-5-9(1)7-13(11)15-17-14(18-16-13)8-10-2-4-12(14)6-10/h9-12H,1-8H2. The summed E-state index contributed by atoms with van der Waals surface area (Å²) in [5.41, 5.74) is 0. The smallest absolute Gasteiger partial charge is 0.195 e. The molecule has 4 bridgehead atoms. The van der Waals surface area contributed by atoms with Crippen molar-refractivity contribution in [3.63, 3.8) is 0 Å². The number of rotatable bonds is 0. The van der Waals surface area contributed by atoms with E-state index in [1.54, 1.807) is 0 Å². The molecule has 0 aromatic heterocycles. The Morgan fingerprint density at radius 2 is 1.06 bits per heavy atom. The first-order valence-electron chi connectivity index (χ1n) is 7.52. The van der Waals surface area contributed by atoms with Crippen molar-refractivity contribution >= 4 is 0 Å². The summed E-state index contributed by atoms with van der Waals surface area (Å²) in [6.07, 6.45) is 9.33. The van der Waals surface area contributed by atoms with Crippen LogP contribution >= 0.6 is 0 Å². The highest BCUT2D eigenvalue weighted by Crippen LogP contribution is 2.60. The first-order chi connectivity index (χ1) is 8.78. The van der Waals surface area contributed by atoms with E-state index in [1.807, 2.05) is 0 Å². The van der Waals surface area contributed by atoms with E-state index in [4.69, 9.17) is 19.6 Å². The zero-order valence-corrected chi connectivity index (χ0v) is 10.6. The van der Waals surface area contributed by atoms with Gasteiger partial charge in [0, 0.05) is 24.7 Å². The molecule has 0 aromatic carbocycles. The molecule has 4 saturated carbocycles. The van der Waals surface area contributed by atoms with Gasteiger partial charge in [-0.2, -0.15) is 19.6 Å². The van der Waals surface area contributed by atoms with Gasteiger partial charge in [-0.15, -0.1) is 0 Å². The SMILES string of the molecule is C1CC2CC1CC21OOC2(CC3CCC2C3)OO1. The zero-order chi connectivity index (χ0) is 11.8. The van der Waals surface area contributed by atoms with Crippen molar-refractivity contribution in [2.75, 3.05) is 0 Å². The molecule has 5 aliphatic rings. The summed E-state index contributed by atoms with van der Waals surface area (Å²) >= 11 is 0. The minimum absolute atomic E-state index is 0.471. The molecule has 0 amide bonds. The Balaban J connectivity index is 1.36. The third kappa shape index (κ3) is 1.20. The van der Waals surface area contributed by atoms with Gasteiger partial charge in [-0.05, 0) is 50.4 Å². The molecule has 1 aliphatic heterocycles. The molecule has 4 atom stereocenters. The summed E-state index contributed by atoms with van der Waals surface area (Å²) in [6.45, 7) is 0. The maximum absolute atomic E-state index is 5.80. The summed E-state index contributed by atoms with van der Waals surface area (Å²) in [6, 6.07) is 0. The van der Waals surface area contributed by atoms with E-state index >= 15 is 0 Å². The maximum atomic E-state index is 5.80. The van der Waals surface area contributed by atoms with Crippen molar-refractivity contribution in [2.45, 2.75) is 62.9 Å². The molecule has 18 heavy (non-hydrogen) atoms. The molecule has 1 saturated heterocycles. The lowest BCUT2D eigenvalue weighted by Crippen LogP contribution is -2.55. The van der Waals surface area contributed by atoms with Crippen LogP contribution in [0.4, 0.5) is 0 Å². The molecule has 2 spiro atoms. The lowest BCUT2D eigenvalue weighted by atomic mass is 9.93. The van der Waals surface area contributed by atoms with Crippen molar-refractivity contribution in [3.05, 3.63) is 0 Å². The first kappa shape index (κ1) is 10.6. The lowest BCUT2D eigenvalue weighted by Gasteiger charge is -2.46. The third-order valence-corrected chi connectivity index (χ3v) is 6.12. The van der Waals surface area contributed by atoms with Gasteiger partial charge in [-0.25, -0.2) is 0 Å². The van der Waals surface area contributed by atoms with Crippen LogP contribution in [0.15, 0.2) is 0 Å². The van der Waals surface area contributed by atoms with E-state index < -0.39 is 11.6 Å². The Hall–Kier alpha value is -0.160. The third-order valence-electron chi connectivity index (χ3n) is 6.12. The molecule has 1 heterocycles. The average molecular weight is 252 g/mol. The Morgan fingerprint density at radius 1 is 0.611 bits per heavy atom. The van der Waals surface area contributed by atoms with E-state index in [9.17, 15) is 0 Å². The molecule has 4 aliphatic carbocycles. The van der Waals surface area contributed by atoms with Crippen molar-refractivity contribution in [1.29, 1.82) is 0 Å². The van der Waals surface area contributed by atoms with Gasteiger partial charge in [0.2, 0.25) is 11.6 Å². The van der Waals surface area contributed by atoms with Gasteiger partial charge < -0.3 is 0 Å². The van der Waals surface area contributed by atoms with Crippen molar-refractivity contribution in [1.82, 2.24) is 0 Å². The summed E-state index contributed by atoms with van der Waals surface area (Å²) in [5, 5.41) is 0. The first-order valence-corrected chi connectivity index (χ1v) is 7.52. The maximum Gasteiger partial charge on any atom is 0.237 e. The molecule has 4 unspecified atom stereocenters. The van der Waals surface area contributed by atoms with Gasteiger partial charge >= 0.3 is 0 Å². The molecule has 0 radical (unpaired) electrons. The molecule has 4 heteroatoms. The molecule has 5 fully saturated rings. The average Bonchev–Trinajstić information content (AvgIpc) is 3.12. The number of hydrogen-bond donors (Lipinski definition) is 0. The molecular formula is C14H20O4. The molecule has 5 rings (SSSR count). The second kappa shape index (κ2) is 3.29. The van der Waals surface area contributed by atoms with E-state index in [2.05, 4.69) is 0 Å². The van der Waals surface area contributed by atoms with Crippen LogP contribution in [0.2, 0.25) is 0 Å². The fourth-order valence-electron chi connectivity index (χ4n) is 5.18. The fraction of sp³-hybridized carbons (Fsp3) is 1.00. The van der Waals surface area contributed by atoms with Crippen molar-refractivity contribution < 1.29 is 19.6 Å². The predicted molar refractivity (Wildman–Crippen MR) is 60.7 cm³/mol. The number of hydrogen-bond acceptors (Lipinski definition) is 4. The van der Waals surface area contributed by atoms with Gasteiger partial charge in [0.05, 0.1) is 0 Å². The summed E-state index contributed by atoms with van der Waals surface area (Å²) in [7, 11) is 0. The van der Waals surface area contributed by atoms with Crippen LogP contribution in [-0.4, -0.2) is 11.6 Å². The van der Waals surface area contributed by atoms with E-state index in [1.165, 1.54) is 38.5 Å². The second-order valence-corrected chi connectivity index (χ2v) is 7.12. The van der Waals surface area contributed by atoms with E-state index in [0.29, 0.717) is 11.8 Å². The normalized spacial score (nSPS) is 61.3. The molecule has 0 N–H and O–H groups in total. The summed E-state index contributed by atoms with van der Waals surface area (Å²) in [5.74, 6) is 1.29. The summed E-state index contributed by atoms with van der Waals surface area (Å²) < 4.78 is 0. The molecular weight excluding hydrogens is 232 g/mol. The lowest BCUT2D eigenvalue weighted by molar-refractivity contribution is -0.669. The highest BCUT2D eigenvalue weighted by atomic mass is 17.4. The van der Waals surface area contributed by atoms with Crippen molar-refractivity contribution in [3.8, 4) is 0 Å². The topological polar surface area (TPSA) is 36.9 Å². The van der Waals surface area contributed by atoms with Crippen LogP contribution < -0.4 is 0 Å². The summed E-state index contributed by atoms with van der Waals surface area (Å²) in [4.78, 5) is 23.2. The predicted octanol–water partition coefficient (Wildman–Crippen LogP) is 2.93. The van der Waals surface area contributed by atoms with E-state index in [-0.39, 0.29) is 0 Å². The van der Waals surface area contributed by atoms with Crippen LogP contribution in [0.1, 0.15) is 51.4 Å². The fourth-order valence-corrected chi connectivity index (χ4v) is 5.18. The van der Waals surface area contributed by atoms with Crippen LogP contribution in [0.25, 0.3) is 0 Å². The van der Waals surface area contributed by atoms with Crippen LogP contribution in [0.3, 0.4) is 0 Å². The van der Waals surface area contributed by atoms with Gasteiger partial charge in [0.25, 0.3) is 0 Å². The van der Waals surface area contributed by atoms with Gasteiger partial charge in [-0.3, -0.25) is 0 Å². The Morgan fingerprint density at radius 3 is 1.33 bits per heavy atom. The second-order valence-electron chi connectivity index (χ2n) is 7.12. The highest BCUT2D eigenvalue weighted by molar-refractivity contribution is 4.99.